The number of hydrogen-bond acceptors (Lipinski definition) is 4. The summed E-state index contributed by atoms with van der Waals surface area (Å²) in [6.07, 6.45) is 2.52. The van der Waals surface area contributed by atoms with Crippen molar-refractivity contribution >= 4 is 24.0 Å². The molecule has 2 aromatic rings. The van der Waals surface area contributed by atoms with Gasteiger partial charge in [-0.05, 0) is 67.3 Å². The van der Waals surface area contributed by atoms with Gasteiger partial charge in [0.05, 0.1) is 6.61 Å². The first-order valence-electron chi connectivity index (χ1n) is 8.22. The topological polar surface area (TPSA) is 73.6 Å². The smallest absolute Gasteiger partial charge is 0.255 e. The Balaban J connectivity index is 0.00000225. The van der Waals surface area contributed by atoms with Crippen LogP contribution in [0.3, 0.4) is 0 Å². The molecule has 2 aromatic carbocycles. The first-order chi connectivity index (χ1) is 11.7. The molecule has 3 N–H and O–H groups in total. The van der Waals surface area contributed by atoms with Gasteiger partial charge in [0.25, 0.3) is 5.91 Å². The highest BCUT2D eigenvalue weighted by Crippen LogP contribution is 2.29. The molecule has 0 unspecified atom stereocenters. The molecule has 5 nitrogen and oxygen atoms in total. The van der Waals surface area contributed by atoms with Gasteiger partial charge in [0.2, 0.25) is 0 Å². The summed E-state index contributed by atoms with van der Waals surface area (Å²) in [5.41, 5.74) is 6.70. The fraction of sp³-hybridized carbons (Fsp3) is 0.316. The maximum absolute atomic E-state index is 12.3. The van der Waals surface area contributed by atoms with Gasteiger partial charge in [-0.25, -0.2) is 0 Å². The molecule has 0 radical (unpaired) electrons. The van der Waals surface area contributed by atoms with Crippen LogP contribution < -0.4 is 20.5 Å². The van der Waals surface area contributed by atoms with Crippen molar-refractivity contribution in [1.82, 2.24) is 0 Å². The van der Waals surface area contributed by atoms with E-state index < -0.39 is 0 Å². The minimum absolute atomic E-state index is 0. The summed E-state index contributed by atoms with van der Waals surface area (Å²) >= 11 is 0. The molecule has 6 heteroatoms. The third-order valence-corrected chi connectivity index (χ3v) is 3.80. The normalized spacial score (nSPS) is 12.8. The number of benzene rings is 2. The number of carbonyl (C=O) groups excluding carboxylic acids is 1. The van der Waals surface area contributed by atoms with E-state index in [2.05, 4.69) is 5.32 Å². The second-order valence-electron chi connectivity index (χ2n) is 5.89. The molecule has 3 rings (SSSR count). The highest BCUT2D eigenvalue weighted by Gasteiger charge is 2.21. The fourth-order valence-corrected chi connectivity index (χ4v) is 2.22. The number of anilines is 1. The van der Waals surface area contributed by atoms with E-state index in [9.17, 15) is 4.79 Å². The Morgan fingerprint density at radius 1 is 1.00 bits per heavy atom. The molecule has 134 valence electrons. The predicted molar refractivity (Wildman–Crippen MR) is 101 cm³/mol. The largest absolute Gasteiger partial charge is 0.493 e. The van der Waals surface area contributed by atoms with Gasteiger partial charge >= 0.3 is 0 Å². The van der Waals surface area contributed by atoms with Crippen LogP contribution in [-0.2, 0) is 0 Å². The quantitative estimate of drug-likeness (QED) is 0.753. The molecule has 0 saturated heterocycles. The summed E-state index contributed by atoms with van der Waals surface area (Å²) < 4.78 is 11.1. The fourth-order valence-electron chi connectivity index (χ4n) is 2.22. The second-order valence-corrected chi connectivity index (χ2v) is 5.89. The van der Waals surface area contributed by atoms with Crippen molar-refractivity contribution in [3.05, 3.63) is 54.1 Å². The molecular weight excluding hydrogens is 340 g/mol. The lowest BCUT2D eigenvalue weighted by atomic mass is 10.2. The Morgan fingerprint density at radius 2 is 1.60 bits per heavy atom. The SMILES string of the molecule is Cl.NCCOc1ccc(NC(=O)c2ccc(OCC3CC3)cc2)cc1. The van der Waals surface area contributed by atoms with Crippen LogP contribution in [0, 0.1) is 5.92 Å². The zero-order valence-electron chi connectivity index (χ0n) is 13.9. The van der Waals surface area contributed by atoms with E-state index in [1.807, 2.05) is 12.1 Å². The van der Waals surface area contributed by atoms with Gasteiger partial charge in [-0.3, -0.25) is 4.79 Å². The van der Waals surface area contributed by atoms with Crippen LogP contribution in [0.15, 0.2) is 48.5 Å². The Kier molecular flexibility index (Phi) is 7.10. The Hall–Kier alpha value is -2.24. The first kappa shape index (κ1) is 19.1. The number of nitrogens with one attached hydrogen (secondary N) is 1. The number of carbonyl (C=O) groups is 1. The average molecular weight is 363 g/mol. The van der Waals surface area contributed by atoms with Gasteiger partial charge in [-0.1, -0.05) is 0 Å². The summed E-state index contributed by atoms with van der Waals surface area (Å²) in [4.78, 5) is 12.3. The van der Waals surface area contributed by atoms with E-state index in [-0.39, 0.29) is 18.3 Å². The molecule has 0 heterocycles. The molecule has 1 saturated carbocycles. The molecule has 1 aliphatic carbocycles. The van der Waals surface area contributed by atoms with Gasteiger partial charge in [0, 0.05) is 17.8 Å². The molecule has 1 aliphatic rings. The lowest BCUT2D eigenvalue weighted by molar-refractivity contribution is 0.102. The van der Waals surface area contributed by atoms with Crippen molar-refractivity contribution in [1.29, 1.82) is 0 Å². The average Bonchev–Trinajstić information content (AvgIpc) is 3.44. The molecule has 0 atom stereocenters. The van der Waals surface area contributed by atoms with Gasteiger partial charge in [0.1, 0.15) is 18.1 Å². The molecule has 0 bridgehead atoms. The van der Waals surface area contributed by atoms with E-state index in [1.165, 1.54) is 12.8 Å². The van der Waals surface area contributed by atoms with E-state index in [4.69, 9.17) is 15.2 Å². The minimum Gasteiger partial charge on any atom is -0.493 e. The van der Waals surface area contributed by atoms with Crippen LogP contribution in [0.4, 0.5) is 5.69 Å². The summed E-state index contributed by atoms with van der Waals surface area (Å²) in [6.45, 7) is 1.71. The monoisotopic (exact) mass is 362 g/mol. The molecular formula is C19H23ClN2O3. The Morgan fingerprint density at radius 3 is 2.20 bits per heavy atom. The summed E-state index contributed by atoms with van der Waals surface area (Å²) in [7, 11) is 0. The van der Waals surface area contributed by atoms with Crippen LogP contribution in [0.5, 0.6) is 11.5 Å². The summed E-state index contributed by atoms with van der Waals surface area (Å²) in [6, 6.07) is 14.4. The third kappa shape index (κ3) is 5.96. The highest BCUT2D eigenvalue weighted by atomic mass is 35.5. The van der Waals surface area contributed by atoms with Crippen molar-refractivity contribution in [3.63, 3.8) is 0 Å². The molecule has 0 aliphatic heterocycles. The Labute approximate surface area is 153 Å². The Bertz CT molecular complexity index is 670. The van der Waals surface area contributed by atoms with E-state index in [0.717, 1.165) is 18.1 Å². The van der Waals surface area contributed by atoms with Crippen molar-refractivity contribution in [3.8, 4) is 11.5 Å². The lowest BCUT2D eigenvalue weighted by Gasteiger charge is -2.09. The zero-order valence-corrected chi connectivity index (χ0v) is 14.8. The van der Waals surface area contributed by atoms with Gasteiger partial charge in [-0.15, -0.1) is 12.4 Å². The van der Waals surface area contributed by atoms with Gasteiger partial charge in [-0.2, -0.15) is 0 Å². The summed E-state index contributed by atoms with van der Waals surface area (Å²) in [5, 5.41) is 2.86. The van der Waals surface area contributed by atoms with Crippen LogP contribution in [0.25, 0.3) is 0 Å². The molecule has 25 heavy (non-hydrogen) atoms. The van der Waals surface area contributed by atoms with E-state index in [1.54, 1.807) is 36.4 Å². The van der Waals surface area contributed by atoms with Crippen molar-refractivity contribution < 1.29 is 14.3 Å². The van der Waals surface area contributed by atoms with Crippen LogP contribution >= 0.6 is 12.4 Å². The number of rotatable bonds is 8. The first-order valence-corrected chi connectivity index (χ1v) is 8.22. The molecule has 0 aromatic heterocycles. The second kappa shape index (κ2) is 9.30. The van der Waals surface area contributed by atoms with Crippen LogP contribution in [-0.4, -0.2) is 25.7 Å². The van der Waals surface area contributed by atoms with Crippen molar-refractivity contribution in [2.24, 2.45) is 11.7 Å². The minimum atomic E-state index is -0.153. The van der Waals surface area contributed by atoms with Gasteiger partial charge < -0.3 is 20.5 Å². The van der Waals surface area contributed by atoms with Crippen molar-refractivity contribution in [2.75, 3.05) is 25.1 Å². The molecule has 1 fully saturated rings. The van der Waals surface area contributed by atoms with Crippen LogP contribution in [0.2, 0.25) is 0 Å². The van der Waals surface area contributed by atoms with E-state index >= 15 is 0 Å². The summed E-state index contributed by atoms with van der Waals surface area (Å²) in [5.74, 6) is 2.10. The predicted octanol–water partition coefficient (Wildman–Crippen LogP) is 3.49. The van der Waals surface area contributed by atoms with Gasteiger partial charge in [0.15, 0.2) is 0 Å². The molecule has 1 amide bonds. The number of halogens is 1. The molecule has 0 spiro atoms. The maximum atomic E-state index is 12.3. The highest BCUT2D eigenvalue weighted by molar-refractivity contribution is 6.04. The maximum Gasteiger partial charge on any atom is 0.255 e. The number of amides is 1. The van der Waals surface area contributed by atoms with E-state index in [0.29, 0.717) is 30.3 Å². The zero-order chi connectivity index (χ0) is 16.8. The van der Waals surface area contributed by atoms with Crippen LogP contribution in [0.1, 0.15) is 23.2 Å². The standard InChI is InChI=1S/C19H22N2O3.ClH/c20-11-12-23-17-9-5-16(6-10-17)21-19(22)15-3-7-18(8-4-15)24-13-14-1-2-14;/h3-10,14H,1-2,11-13,20H2,(H,21,22);1H. The lowest BCUT2D eigenvalue weighted by Crippen LogP contribution is -2.12. The number of ether oxygens (including phenoxy) is 2. The third-order valence-electron chi connectivity index (χ3n) is 3.80. The number of hydrogen-bond donors (Lipinski definition) is 2. The number of nitrogens with two attached hydrogens (primary N) is 1. The van der Waals surface area contributed by atoms with Crippen molar-refractivity contribution in [2.45, 2.75) is 12.8 Å².